The summed E-state index contributed by atoms with van der Waals surface area (Å²) in [5.74, 6) is 2.08. The molecule has 190 valence electrons. The van der Waals surface area contributed by atoms with Gasteiger partial charge in [0.25, 0.3) is 5.91 Å². The van der Waals surface area contributed by atoms with Gasteiger partial charge in [-0.1, -0.05) is 17.3 Å². The Morgan fingerprint density at radius 3 is 2.68 bits per heavy atom. The number of likely N-dealkylation sites (N-methyl/N-ethyl adjacent to an activating group) is 1. The lowest BCUT2D eigenvalue weighted by atomic mass is 9.97. The fraction of sp³-hybridized carbons (Fsp3) is 0.286. The molecule has 1 fully saturated rings. The average molecular weight is 562 g/mol. The summed E-state index contributed by atoms with van der Waals surface area (Å²) in [4.78, 5) is 23.9. The number of anilines is 1. The number of pyridine rings is 1. The number of ether oxygens (including phenoxy) is 1. The number of carbonyl (C=O) groups excluding carboxylic acids is 1. The van der Waals surface area contributed by atoms with E-state index >= 15 is 0 Å². The molecule has 1 N–H and O–H groups in total. The van der Waals surface area contributed by atoms with Crippen molar-refractivity contribution >= 4 is 27.5 Å². The van der Waals surface area contributed by atoms with Crippen molar-refractivity contribution in [1.29, 1.82) is 0 Å². The van der Waals surface area contributed by atoms with Crippen molar-refractivity contribution in [2.24, 2.45) is 0 Å². The third kappa shape index (κ3) is 6.06. The zero-order chi connectivity index (χ0) is 25.9. The van der Waals surface area contributed by atoms with Gasteiger partial charge >= 0.3 is 0 Å². The number of benzene rings is 2. The molecular formula is C28H28BrN5O3. The second-order valence-electron chi connectivity index (χ2n) is 9.40. The molecule has 2 aromatic heterocycles. The number of hydrogen-bond donors (Lipinski definition) is 1. The second-order valence-corrected chi connectivity index (χ2v) is 10.3. The summed E-state index contributed by atoms with van der Waals surface area (Å²) in [6, 6.07) is 15.4. The van der Waals surface area contributed by atoms with Gasteiger partial charge in [-0.2, -0.15) is 4.98 Å². The maximum atomic E-state index is 12.9. The maximum absolute atomic E-state index is 12.9. The minimum Gasteiger partial charge on any atom is -0.491 e. The first-order chi connectivity index (χ1) is 17.9. The first-order valence-corrected chi connectivity index (χ1v) is 13.0. The maximum Gasteiger partial charge on any atom is 0.257 e. The van der Waals surface area contributed by atoms with Crippen LogP contribution in [-0.2, 0) is 0 Å². The number of hydrogen-bond acceptors (Lipinski definition) is 7. The quantitative estimate of drug-likeness (QED) is 0.270. The summed E-state index contributed by atoms with van der Waals surface area (Å²) in [6.45, 7) is 3.13. The Labute approximate surface area is 224 Å². The SMILES string of the molecule is Cc1nc(-c2ccc(-c3ccc(C(=O)Nc4ccc(Br)c(OCCN(C)C)c4)cn3)c(C3CC3)c2)no1. The molecule has 1 saturated carbocycles. The van der Waals surface area contributed by atoms with E-state index in [9.17, 15) is 4.79 Å². The predicted molar refractivity (Wildman–Crippen MR) is 146 cm³/mol. The molecule has 0 unspecified atom stereocenters. The van der Waals surface area contributed by atoms with Gasteiger partial charge in [0.1, 0.15) is 12.4 Å². The van der Waals surface area contributed by atoms with Gasteiger partial charge in [0, 0.05) is 42.5 Å². The van der Waals surface area contributed by atoms with Crippen LogP contribution in [0.1, 0.15) is 40.6 Å². The van der Waals surface area contributed by atoms with Crippen LogP contribution in [0.3, 0.4) is 0 Å². The van der Waals surface area contributed by atoms with Crippen LogP contribution in [0, 0.1) is 6.92 Å². The number of rotatable bonds is 9. The lowest BCUT2D eigenvalue weighted by Crippen LogP contribution is -2.19. The van der Waals surface area contributed by atoms with Crippen molar-refractivity contribution in [2.75, 3.05) is 32.6 Å². The number of amides is 1. The number of nitrogens with one attached hydrogen (secondary N) is 1. The molecule has 1 amide bonds. The van der Waals surface area contributed by atoms with Gasteiger partial charge < -0.3 is 19.5 Å². The zero-order valence-corrected chi connectivity index (χ0v) is 22.6. The Bertz CT molecular complexity index is 1410. The fourth-order valence-electron chi connectivity index (χ4n) is 4.00. The summed E-state index contributed by atoms with van der Waals surface area (Å²) < 4.78 is 11.8. The molecule has 0 bridgehead atoms. The molecule has 0 spiro atoms. The molecule has 0 aliphatic heterocycles. The first-order valence-electron chi connectivity index (χ1n) is 12.2. The molecular weight excluding hydrogens is 534 g/mol. The Hall–Kier alpha value is -3.56. The molecule has 0 atom stereocenters. The first kappa shape index (κ1) is 25.1. The van der Waals surface area contributed by atoms with E-state index in [1.807, 2.05) is 49.3 Å². The highest BCUT2D eigenvalue weighted by Gasteiger charge is 2.27. The van der Waals surface area contributed by atoms with Crippen LogP contribution in [0.5, 0.6) is 5.75 Å². The van der Waals surface area contributed by atoms with Crippen LogP contribution in [0.4, 0.5) is 5.69 Å². The van der Waals surface area contributed by atoms with E-state index in [0.717, 1.165) is 40.7 Å². The molecule has 37 heavy (non-hydrogen) atoms. The van der Waals surface area contributed by atoms with Crippen molar-refractivity contribution in [2.45, 2.75) is 25.7 Å². The normalized spacial score (nSPS) is 13.1. The molecule has 0 saturated heterocycles. The molecule has 9 heteroatoms. The van der Waals surface area contributed by atoms with Crippen molar-refractivity contribution in [1.82, 2.24) is 20.0 Å². The van der Waals surface area contributed by atoms with Crippen LogP contribution in [0.15, 0.2) is 63.7 Å². The van der Waals surface area contributed by atoms with Crippen LogP contribution in [0.25, 0.3) is 22.6 Å². The molecule has 4 aromatic rings. The smallest absolute Gasteiger partial charge is 0.257 e. The number of aryl methyl sites for hydroxylation is 1. The summed E-state index contributed by atoms with van der Waals surface area (Å²) >= 11 is 3.51. The predicted octanol–water partition coefficient (Wildman–Crippen LogP) is 5.94. The fourth-order valence-corrected chi connectivity index (χ4v) is 4.37. The summed E-state index contributed by atoms with van der Waals surface area (Å²) in [5.41, 5.74) is 5.17. The summed E-state index contributed by atoms with van der Waals surface area (Å²) in [5, 5.41) is 6.99. The zero-order valence-electron chi connectivity index (χ0n) is 21.0. The third-order valence-electron chi connectivity index (χ3n) is 6.14. The Morgan fingerprint density at radius 1 is 1.16 bits per heavy atom. The lowest BCUT2D eigenvalue weighted by Gasteiger charge is -2.14. The topological polar surface area (TPSA) is 93.4 Å². The van der Waals surface area contributed by atoms with Gasteiger partial charge in [-0.15, -0.1) is 0 Å². The second kappa shape index (κ2) is 10.8. The van der Waals surface area contributed by atoms with Gasteiger partial charge in [-0.3, -0.25) is 9.78 Å². The highest BCUT2D eigenvalue weighted by atomic mass is 79.9. The van der Waals surface area contributed by atoms with Gasteiger partial charge in [-0.05, 0) is 84.7 Å². The van der Waals surface area contributed by atoms with E-state index in [1.54, 1.807) is 19.2 Å². The third-order valence-corrected chi connectivity index (χ3v) is 6.80. The molecule has 1 aliphatic carbocycles. The standard InChI is InChI=1S/C28H28BrN5O3/c1-17-31-27(33-37-17)19-6-9-22(23(14-19)18-4-5-18)25-11-7-20(16-30-25)28(35)32-21-8-10-24(29)26(15-21)36-13-12-34(2)3/h6-11,14-16,18H,4-5,12-13H2,1-3H3,(H,32,35). The molecule has 5 rings (SSSR count). The summed E-state index contributed by atoms with van der Waals surface area (Å²) in [7, 11) is 3.99. The van der Waals surface area contributed by atoms with E-state index in [-0.39, 0.29) is 5.91 Å². The Morgan fingerprint density at radius 2 is 2.00 bits per heavy atom. The summed E-state index contributed by atoms with van der Waals surface area (Å²) in [6.07, 6.45) is 3.91. The number of aromatic nitrogens is 3. The van der Waals surface area contributed by atoms with Crippen LogP contribution < -0.4 is 10.1 Å². The molecule has 1 aliphatic rings. The number of carbonyl (C=O) groups is 1. The number of nitrogens with zero attached hydrogens (tertiary/aromatic N) is 4. The Kier molecular flexibility index (Phi) is 7.34. The highest BCUT2D eigenvalue weighted by molar-refractivity contribution is 9.10. The number of halogens is 1. The minimum absolute atomic E-state index is 0.231. The minimum atomic E-state index is -0.231. The van der Waals surface area contributed by atoms with E-state index in [2.05, 4.69) is 48.5 Å². The van der Waals surface area contributed by atoms with Gasteiger partial charge in [-0.25, -0.2) is 0 Å². The molecule has 8 nitrogen and oxygen atoms in total. The average Bonchev–Trinajstić information content (AvgIpc) is 3.65. The van der Waals surface area contributed by atoms with E-state index in [1.165, 1.54) is 5.56 Å². The van der Waals surface area contributed by atoms with Gasteiger partial charge in [0.05, 0.1) is 15.7 Å². The van der Waals surface area contributed by atoms with E-state index in [0.29, 0.717) is 41.2 Å². The molecule has 0 radical (unpaired) electrons. The van der Waals surface area contributed by atoms with Crippen molar-refractivity contribution in [3.63, 3.8) is 0 Å². The lowest BCUT2D eigenvalue weighted by molar-refractivity contribution is 0.102. The van der Waals surface area contributed by atoms with Crippen LogP contribution in [0.2, 0.25) is 0 Å². The highest BCUT2D eigenvalue weighted by Crippen LogP contribution is 2.45. The van der Waals surface area contributed by atoms with Crippen LogP contribution >= 0.6 is 15.9 Å². The monoisotopic (exact) mass is 561 g/mol. The van der Waals surface area contributed by atoms with Crippen molar-refractivity contribution < 1.29 is 14.1 Å². The van der Waals surface area contributed by atoms with Crippen molar-refractivity contribution in [3.8, 4) is 28.4 Å². The van der Waals surface area contributed by atoms with E-state index < -0.39 is 0 Å². The molecule has 2 aromatic carbocycles. The van der Waals surface area contributed by atoms with E-state index in [4.69, 9.17) is 9.26 Å². The largest absolute Gasteiger partial charge is 0.491 e. The van der Waals surface area contributed by atoms with Crippen LogP contribution in [-0.4, -0.2) is 53.2 Å². The van der Waals surface area contributed by atoms with Crippen molar-refractivity contribution in [3.05, 3.63) is 76.2 Å². The molecule has 2 heterocycles. The van der Waals surface area contributed by atoms with Gasteiger partial charge in [0.2, 0.25) is 11.7 Å². The van der Waals surface area contributed by atoms with Gasteiger partial charge in [0.15, 0.2) is 0 Å². The Balaban J connectivity index is 1.31.